The molecule has 0 spiro atoms. The van der Waals surface area contributed by atoms with Crippen molar-refractivity contribution in [3.63, 3.8) is 0 Å². The Bertz CT molecular complexity index is 866. The molecule has 2 N–H and O–H groups in total. The van der Waals surface area contributed by atoms with E-state index in [1.165, 1.54) is 6.07 Å². The summed E-state index contributed by atoms with van der Waals surface area (Å²) in [4.78, 5) is 12.0. The summed E-state index contributed by atoms with van der Waals surface area (Å²) in [5.74, 6) is -0.0452. The van der Waals surface area contributed by atoms with Crippen molar-refractivity contribution in [3.05, 3.63) is 58.6 Å². The first-order chi connectivity index (χ1) is 11.4. The number of carbonyl (C=O) groups excluding carboxylic acids is 1. The van der Waals surface area contributed by atoms with Crippen LogP contribution < -0.4 is 14.8 Å². The third kappa shape index (κ3) is 3.98. The van der Waals surface area contributed by atoms with Gasteiger partial charge in [-0.15, -0.1) is 0 Å². The van der Waals surface area contributed by atoms with Gasteiger partial charge in [-0.2, -0.15) is 0 Å². The number of benzene rings is 2. The van der Waals surface area contributed by atoms with Crippen molar-refractivity contribution in [1.82, 2.24) is 5.32 Å². The fraction of sp³-hybridized carbons (Fsp3) is 0.188. The van der Waals surface area contributed by atoms with Gasteiger partial charge >= 0.3 is 0 Å². The van der Waals surface area contributed by atoms with Gasteiger partial charge in [-0.3, -0.25) is 9.52 Å². The van der Waals surface area contributed by atoms with Crippen LogP contribution in [0.25, 0.3) is 0 Å². The summed E-state index contributed by atoms with van der Waals surface area (Å²) in [6, 6.07) is 11.2. The number of anilines is 1. The highest BCUT2D eigenvalue weighted by atomic mass is 35.5. The molecule has 126 valence electrons. The summed E-state index contributed by atoms with van der Waals surface area (Å²) in [7, 11) is -3.62. The quantitative estimate of drug-likeness (QED) is 0.870. The average Bonchev–Trinajstić information content (AvgIpc) is 2.71. The second-order valence-corrected chi connectivity index (χ2v) is 7.46. The lowest BCUT2D eigenvalue weighted by atomic mass is 10.1. The Hall–Kier alpha value is -2.25. The zero-order valence-electron chi connectivity index (χ0n) is 12.6. The van der Waals surface area contributed by atoms with E-state index in [-0.39, 0.29) is 11.7 Å². The molecule has 6 nitrogen and oxygen atoms in total. The zero-order valence-corrected chi connectivity index (χ0v) is 14.2. The first-order valence-corrected chi connectivity index (χ1v) is 9.26. The van der Waals surface area contributed by atoms with Gasteiger partial charge in [0.15, 0.2) is 0 Å². The molecule has 0 fully saturated rings. The highest BCUT2D eigenvalue weighted by molar-refractivity contribution is 7.91. The van der Waals surface area contributed by atoms with E-state index in [4.69, 9.17) is 16.3 Å². The molecular weight excluding hydrogens is 352 g/mol. The summed E-state index contributed by atoms with van der Waals surface area (Å²) >= 11 is 5.79. The molecule has 0 aromatic heterocycles. The Kier molecular flexibility index (Phi) is 4.64. The third-order valence-electron chi connectivity index (χ3n) is 3.41. The molecule has 24 heavy (non-hydrogen) atoms. The van der Waals surface area contributed by atoms with Crippen LogP contribution >= 0.6 is 11.6 Å². The molecule has 1 aliphatic heterocycles. The molecule has 3 rings (SSSR count). The van der Waals surface area contributed by atoms with Crippen LogP contribution in [0.3, 0.4) is 0 Å². The first kappa shape index (κ1) is 16.6. The zero-order chi connectivity index (χ0) is 17.2. The molecule has 0 atom stereocenters. The molecule has 1 heterocycles. The van der Waals surface area contributed by atoms with E-state index in [0.717, 1.165) is 0 Å². The van der Waals surface area contributed by atoms with Gasteiger partial charge < -0.3 is 10.1 Å². The summed E-state index contributed by atoms with van der Waals surface area (Å²) in [6.45, 7) is 0.783. The van der Waals surface area contributed by atoms with Crippen LogP contribution in [0.4, 0.5) is 5.69 Å². The van der Waals surface area contributed by atoms with Crippen molar-refractivity contribution in [2.24, 2.45) is 0 Å². The van der Waals surface area contributed by atoms with E-state index < -0.39 is 10.0 Å². The van der Waals surface area contributed by atoms with Gasteiger partial charge in [0.1, 0.15) is 12.4 Å². The van der Waals surface area contributed by atoms with Gasteiger partial charge in [0.25, 0.3) is 5.91 Å². The van der Waals surface area contributed by atoms with Gasteiger partial charge in [0.2, 0.25) is 10.0 Å². The molecule has 0 unspecified atom stereocenters. The van der Waals surface area contributed by atoms with Crippen LogP contribution in [0.2, 0.25) is 5.02 Å². The SMILES string of the molecule is O=C1NCCOc2ccc(NS(=O)(=O)Cc3ccc(Cl)cc3)cc21. The number of halogens is 1. The van der Waals surface area contributed by atoms with Crippen LogP contribution in [0.15, 0.2) is 42.5 Å². The van der Waals surface area contributed by atoms with E-state index in [1.54, 1.807) is 36.4 Å². The largest absolute Gasteiger partial charge is 0.491 e. The van der Waals surface area contributed by atoms with E-state index in [0.29, 0.717) is 40.7 Å². The Morgan fingerprint density at radius 2 is 1.92 bits per heavy atom. The number of amides is 1. The second-order valence-electron chi connectivity index (χ2n) is 5.30. The van der Waals surface area contributed by atoms with Crippen LogP contribution in [0, 0.1) is 0 Å². The lowest BCUT2D eigenvalue weighted by Gasteiger charge is -2.11. The molecule has 0 radical (unpaired) electrons. The molecule has 0 bridgehead atoms. The summed E-state index contributed by atoms with van der Waals surface area (Å²) < 4.78 is 32.5. The Balaban J connectivity index is 1.80. The van der Waals surface area contributed by atoms with Crippen molar-refractivity contribution in [2.45, 2.75) is 5.75 Å². The number of sulfonamides is 1. The predicted molar refractivity (Wildman–Crippen MR) is 92.0 cm³/mol. The number of ether oxygens (including phenoxy) is 1. The first-order valence-electron chi connectivity index (χ1n) is 7.23. The van der Waals surface area contributed by atoms with Gasteiger partial charge in [-0.05, 0) is 35.9 Å². The number of rotatable bonds is 4. The monoisotopic (exact) mass is 366 g/mol. The van der Waals surface area contributed by atoms with E-state index in [2.05, 4.69) is 10.0 Å². The van der Waals surface area contributed by atoms with Crippen molar-refractivity contribution < 1.29 is 17.9 Å². The highest BCUT2D eigenvalue weighted by Gasteiger charge is 2.18. The molecule has 8 heteroatoms. The third-order valence-corrected chi connectivity index (χ3v) is 4.92. The lowest BCUT2D eigenvalue weighted by Crippen LogP contribution is -2.24. The maximum Gasteiger partial charge on any atom is 0.255 e. The fourth-order valence-corrected chi connectivity index (χ4v) is 3.65. The maximum absolute atomic E-state index is 12.3. The summed E-state index contributed by atoms with van der Waals surface area (Å²) in [5.41, 5.74) is 1.23. The van der Waals surface area contributed by atoms with Gasteiger partial charge in [-0.1, -0.05) is 23.7 Å². The minimum Gasteiger partial charge on any atom is -0.491 e. The van der Waals surface area contributed by atoms with Crippen molar-refractivity contribution in [2.75, 3.05) is 17.9 Å². The Morgan fingerprint density at radius 3 is 2.67 bits per heavy atom. The molecule has 0 saturated heterocycles. The minimum atomic E-state index is -3.62. The van der Waals surface area contributed by atoms with Crippen LogP contribution in [-0.2, 0) is 15.8 Å². The van der Waals surface area contributed by atoms with E-state index >= 15 is 0 Å². The van der Waals surface area contributed by atoms with Gasteiger partial charge in [0, 0.05) is 10.7 Å². The summed E-state index contributed by atoms with van der Waals surface area (Å²) in [5, 5.41) is 3.22. The minimum absolute atomic E-state index is 0.191. The highest BCUT2D eigenvalue weighted by Crippen LogP contribution is 2.25. The van der Waals surface area contributed by atoms with Gasteiger partial charge in [0.05, 0.1) is 17.9 Å². The van der Waals surface area contributed by atoms with Crippen molar-refractivity contribution >= 4 is 33.2 Å². The standard InChI is InChI=1S/C16H15ClN2O4S/c17-12-3-1-11(2-4-12)10-24(21,22)19-13-5-6-15-14(9-13)16(20)18-7-8-23-15/h1-6,9,19H,7-8,10H2,(H,18,20). The van der Waals surface area contributed by atoms with Crippen LogP contribution in [-0.4, -0.2) is 27.5 Å². The second kappa shape index (κ2) is 6.70. The molecule has 0 saturated carbocycles. The number of carbonyl (C=O) groups is 1. The van der Waals surface area contributed by atoms with Crippen molar-refractivity contribution in [3.8, 4) is 5.75 Å². The Labute approximate surface area is 144 Å². The smallest absolute Gasteiger partial charge is 0.255 e. The average molecular weight is 367 g/mol. The molecular formula is C16H15ClN2O4S. The van der Waals surface area contributed by atoms with Crippen LogP contribution in [0.1, 0.15) is 15.9 Å². The lowest BCUT2D eigenvalue weighted by molar-refractivity contribution is 0.0957. The van der Waals surface area contributed by atoms with E-state index in [1.807, 2.05) is 0 Å². The topological polar surface area (TPSA) is 84.5 Å². The normalized spacial score (nSPS) is 14.1. The molecule has 2 aromatic carbocycles. The van der Waals surface area contributed by atoms with E-state index in [9.17, 15) is 13.2 Å². The van der Waals surface area contributed by atoms with Gasteiger partial charge in [-0.25, -0.2) is 8.42 Å². The number of hydrogen-bond donors (Lipinski definition) is 2. The number of nitrogens with one attached hydrogen (secondary N) is 2. The fourth-order valence-electron chi connectivity index (χ4n) is 2.33. The molecule has 2 aromatic rings. The Morgan fingerprint density at radius 1 is 1.17 bits per heavy atom. The van der Waals surface area contributed by atoms with Crippen molar-refractivity contribution in [1.29, 1.82) is 0 Å². The molecule has 0 aliphatic carbocycles. The maximum atomic E-state index is 12.3. The number of hydrogen-bond acceptors (Lipinski definition) is 4. The molecule has 1 amide bonds. The number of fused-ring (bicyclic) bond motifs is 1. The summed E-state index contributed by atoms with van der Waals surface area (Å²) in [6.07, 6.45) is 0. The predicted octanol–water partition coefficient (Wildman–Crippen LogP) is 2.40. The molecule has 1 aliphatic rings. The van der Waals surface area contributed by atoms with Crippen LogP contribution in [0.5, 0.6) is 5.75 Å².